The number of nitrogens with zero attached hydrogens (tertiary/aromatic N) is 1. The molecule has 0 amide bonds. The first kappa shape index (κ1) is 13.1. The van der Waals surface area contributed by atoms with Gasteiger partial charge in [-0.2, -0.15) is 0 Å². The minimum atomic E-state index is -0.196. The molecule has 0 saturated carbocycles. The third kappa shape index (κ3) is 2.83. The van der Waals surface area contributed by atoms with Gasteiger partial charge in [0.2, 0.25) is 0 Å². The van der Waals surface area contributed by atoms with Crippen LogP contribution in [0.4, 0.5) is 4.39 Å². The summed E-state index contributed by atoms with van der Waals surface area (Å²) in [5, 5.41) is 2.20. The van der Waals surface area contributed by atoms with Crippen LogP contribution in [0.2, 0.25) is 0 Å². The molecule has 0 aliphatic carbocycles. The summed E-state index contributed by atoms with van der Waals surface area (Å²) in [7, 11) is 0. The molecule has 2 aromatic carbocycles. The highest BCUT2D eigenvalue weighted by atomic mass is 32.2. The molecular weight excluding hydrogens is 269 g/mol. The first-order valence-electron chi connectivity index (χ1n) is 6.46. The van der Waals surface area contributed by atoms with Crippen LogP contribution in [0.3, 0.4) is 0 Å². The molecule has 0 N–H and O–H groups in total. The number of benzene rings is 2. The number of aromatic nitrogens is 1. The van der Waals surface area contributed by atoms with Crippen LogP contribution in [0.5, 0.6) is 0 Å². The Morgan fingerprint density at radius 2 is 1.80 bits per heavy atom. The number of para-hydroxylation sites is 1. The lowest BCUT2D eigenvalue weighted by Crippen LogP contribution is -1.88. The Kier molecular flexibility index (Phi) is 3.70. The van der Waals surface area contributed by atoms with Gasteiger partial charge in [-0.25, -0.2) is 9.37 Å². The highest BCUT2D eigenvalue weighted by Gasteiger charge is 2.03. The second-order valence-electron chi connectivity index (χ2n) is 4.71. The average molecular weight is 283 g/mol. The summed E-state index contributed by atoms with van der Waals surface area (Å²) in [4.78, 5) is 4.66. The normalized spacial score (nSPS) is 10.9. The molecule has 0 fully saturated rings. The molecule has 0 unspecified atom stereocenters. The topological polar surface area (TPSA) is 12.9 Å². The lowest BCUT2D eigenvalue weighted by atomic mass is 10.1. The van der Waals surface area contributed by atoms with E-state index in [4.69, 9.17) is 0 Å². The molecule has 0 atom stereocenters. The van der Waals surface area contributed by atoms with Crippen LogP contribution < -0.4 is 0 Å². The number of hydrogen-bond acceptors (Lipinski definition) is 2. The van der Waals surface area contributed by atoms with Gasteiger partial charge in [0.25, 0.3) is 0 Å². The van der Waals surface area contributed by atoms with Gasteiger partial charge in [-0.05, 0) is 42.3 Å². The Balaban J connectivity index is 1.82. The van der Waals surface area contributed by atoms with Crippen LogP contribution in [-0.4, -0.2) is 4.98 Å². The molecule has 3 heteroatoms. The van der Waals surface area contributed by atoms with E-state index in [1.54, 1.807) is 11.8 Å². The maximum Gasteiger partial charge on any atom is 0.123 e. The average Bonchev–Trinajstić information content (AvgIpc) is 2.47. The van der Waals surface area contributed by atoms with Crippen molar-refractivity contribution >= 4 is 22.7 Å². The van der Waals surface area contributed by atoms with Gasteiger partial charge < -0.3 is 0 Å². The van der Waals surface area contributed by atoms with E-state index < -0.39 is 0 Å². The van der Waals surface area contributed by atoms with Crippen molar-refractivity contribution in [1.82, 2.24) is 4.98 Å². The summed E-state index contributed by atoms with van der Waals surface area (Å²) >= 11 is 1.67. The molecule has 1 aromatic heterocycles. The Hall–Kier alpha value is -1.87. The van der Waals surface area contributed by atoms with E-state index in [0.717, 1.165) is 21.9 Å². The van der Waals surface area contributed by atoms with Crippen LogP contribution in [0.25, 0.3) is 10.9 Å². The van der Waals surface area contributed by atoms with E-state index in [9.17, 15) is 4.39 Å². The Morgan fingerprint density at radius 3 is 2.60 bits per heavy atom. The molecule has 1 heterocycles. The Bertz CT molecular complexity index is 738. The summed E-state index contributed by atoms with van der Waals surface area (Å²) in [6, 6.07) is 16.9. The molecule has 0 radical (unpaired) electrons. The molecule has 0 aliphatic heterocycles. The van der Waals surface area contributed by atoms with Crippen molar-refractivity contribution in [1.29, 1.82) is 0 Å². The zero-order chi connectivity index (χ0) is 13.9. The van der Waals surface area contributed by atoms with Gasteiger partial charge in [0, 0.05) is 11.1 Å². The summed E-state index contributed by atoms with van der Waals surface area (Å²) < 4.78 is 12.9. The highest BCUT2D eigenvalue weighted by molar-refractivity contribution is 7.98. The second kappa shape index (κ2) is 5.63. The lowest BCUT2D eigenvalue weighted by Gasteiger charge is -2.06. The quantitative estimate of drug-likeness (QED) is 0.629. The third-order valence-corrected chi connectivity index (χ3v) is 4.18. The largest absolute Gasteiger partial charge is 0.241 e. The van der Waals surface area contributed by atoms with Crippen molar-refractivity contribution in [2.24, 2.45) is 0 Å². The van der Waals surface area contributed by atoms with Gasteiger partial charge in [-0.1, -0.05) is 30.3 Å². The van der Waals surface area contributed by atoms with E-state index in [2.05, 4.69) is 24.0 Å². The molecule has 3 rings (SSSR count). The highest BCUT2D eigenvalue weighted by Crippen LogP contribution is 2.26. The predicted octanol–water partition coefficient (Wildman–Crippen LogP) is 4.97. The molecule has 0 aliphatic rings. The lowest BCUT2D eigenvalue weighted by molar-refractivity contribution is 0.627. The number of aryl methyl sites for hydroxylation is 1. The predicted molar refractivity (Wildman–Crippen MR) is 82.4 cm³/mol. The van der Waals surface area contributed by atoms with Crippen LogP contribution in [0.1, 0.15) is 11.1 Å². The fourth-order valence-corrected chi connectivity index (χ4v) is 3.06. The van der Waals surface area contributed by atoms with Crippen molar-refractivity contribution < 1.29 is 4.39 Å². The number of rotatable bonds is 3. The van der Waals surface area contributed by atoms with Crippen molar-refractivity contribution in [2.75, 3.05) is 0 Å². The van der Waals surface area contributed by atoms with E-state index in [1.165, 1.54) is 23.1 Å². The Morgan fingerprint density at radius 1 is 1.05 bits per heavy atom. The first-order valence-corrected chi connectivity index (χ1v) is 7.44. The van der Waals surface area contributed by atoms with E-state index in [-0.39, 0.29) is 5.82 Å². The van der Waals surface area contributed by atoms with Crippen LogP contribution in [-0.2, 0) is 5.75 Å². The maximum atomic E-state index is 12.9. The molecule has 0 saturated heterocycles. The first-order chi connectivity index (χ1) is 9.72. The van der Waals surface area contributed by atoms with Gasteiger partial charge in [0.05, 0.1) is 10.5 Å². The summed E-state index contributed by atoms with van der Waals surface area (Å²) in [5.74, 6) is 0.601. The fraction of sp³-hybridized carbons (Fsp3) is 0.118. The maximum absolute atomic E-state index is 12.9. The van der Waals surface area contributed by atoms with Crippen molar-refractivity contribution in [3.8, 4) is 0 Å². The van der Waals surface area contributed by atoms with E-state index in [1.807, 2.05) is 30.3 Å². The van der Waals surface area contributed by atoms with Gasteiger partial charge >= 0.3 is 0 Å². The van der Waals surface area contributed by atoms with Crippen molar-refractivity contribution in [3.05, 3.63) is 71.5 Å². The molecule has 20 heavy (non-hydrogen) atoms. The van der Waals surface area contributed by atoms with Crippen LogP contribution in [0.15, 0.2) is 59.6 Å². The molecule has 3 aromatic rings. The Labute approximate surface area is 121 Å². The van der Waals surface area contributed by atoms with Crippen molar-refractivity contribution in [2.45, 2.75) is 17.7 Å². The zero-order valence-corrected chi connectivity index (χ0v) is 12.0. The molecular formula is C17H14FNS. The zero-order valence-electron chi connectivity index (χ0n) is 11.1. The van der Waals surface area contributed by atoms with Gasteiger partial charge in [-0.3, -0.25) is 0 Å². The molecule has 0 bridgehead atoms. The summed E-state index contributed by atoms with van der Waals surface area (Å²) in [5.41, 5.74) is 3.36. The number of halogens is 1. The molecule has 100 valence electrons. The third-order valence-electron chi connectivity index (χ3n) is 3.20. The molecule has 1 nitrogen and oxygen atoms in total. The summed E-state index contributed by atoms with van der Waals surface area (Å²) in [6.07, 6.45) is 0. The standard InChI is InChI=1S/C17H14FNS/c1-12-10-17(19-16-5-3-2-4-15(12)16)20-11-13-6-8-14(18)9-7-13/h2-10H,11H2,1H3. The monoisotopic (exact) mass is 283 g/mol. The van der Waals surface area contributed by atoms with Gasteiger partial charge in [0.15, 0.2) is 0 Å². The van der Waals surface area contributed by atoms with E-state index in [0.29, 0.717) is 0 Å². The smallest absolute Gasteiger partial charge is 0.123 e. The summed E-state index contributed by atoms with van der Waals surface area (Å²) in [6.45, 7) is 2.10. The minimum absolute atomic E-state index is 0.196. The number of fused-ring (bicyclic) bond motifs is 1. The van der Waals surface area contributed by atoms with Crippen LogP contribution in [0, 0.1) is 12.7 Å². The molecule has 0 spiro atoms. The fourth-order valence-electron chi connectivity index (χ4n) is 2.13. The SMILES string of the molecule is Cc1cc(SCc2ccc(F)cc2)nc2ccccc12. The van der Waals surface area contributed by atoms with Gasteiger partial charge in [0.1, 0.15) is 5.82 Å². The number of hydrogen-bond donors (Lipinski definition) is 0. The number of pyridine rings is 1. The number of thioether (sulfide) groups is 1. The van der Waals surface area contributed by atoms with Crippen molar-refractivity contribution in [3.63, 3.8) is 0 Å². The van der Waals surface area contributed by atoms with E-state index >= 15 is 0 Å². The second-order valence-corrected chi connectivity index (χ2v) is 5.71. The minimum Gasteiger partial charge on any atom is -0.241 e. The van der Waals surface area contributed by atoms with Crippen LogP contribution >= 0.6 is 11.8 Å². The van der Waals surface area contributed by atoms with Gasteiger partial charge in [-0.15, -0.1) is 11.8 Å².